The average Bonchev–Trinajstić information content (AvgIpc) is 3.24. The first-order chi connectivity index (χ1) is 16.3. The first kappa shape index (κ1) is 20.0. The number of hydrogen-bond acceptors (Lipinski definition) is 2. The molecule has 4 heteroatoms. The van der Waals surface area contributed by atoms with Gasteiger partial charge in [-0.3, -0.25) is 9.69 Å². The number of benzene rings is 3. The van der Waals surface area contributed by atoms with E-state index in [1.807, 2.05) is 12.1 Å². The predicted molar refractivity (Wildman–Crippen MR) is 136 cm³/mol. The number of nitrogens with one attached hydrogen (secondary N) is 2. The quantitative estimate of drug-likeness (QED) is 0.362. The molecule has 164 valence electrons. The smallest absolute Gasteiger partial charge is 0.257 e. The molecule has 33 heavy (non-hydrogen) atoms. The summed E-state index contributed by atoms with van der Waals surface area (Å²) >= 11 is 0. The molecule has 4 nitrogen and oxygen atoms in total. The fourth-order valence-corrected chi connectivity index (χ4v) is 5.47. The second-order valence-electron chi connectivity index (χ2n) is 9.06. The maximum Gasteiger partial charge on any atom is 0.257 e. The van der Waals surface area contributed by atoms with Gasteiger partial charge in [-0.2, -0.15) is 0 Å². The largest absolute Gasteiger partial charge is 0.354 e. The first-order valence-electron chi connectivity index (χ1n) is 11.8. The Hall–Kier alpha value is -3.63. The number of H-pyrrole nitrogens is 2. The molecule has 1 saturated heterocycles. The van der Waals surface area contributed by atoms with E-state index in [0.717, 1.165) is 49.2 Å². The van der Waals surface area contributed by atoms with Crippen LogP contribution in [0, 0.1) is 0 Å². The lowest BCUT2D eigenvalue weighted by molar-refractivity contribution is 0.206. The molecule has 1 aliphatic rings. The lowest BCUT2D eigenvalue weighted by Gasteiger charge is -2.32. The van der Waals surface area contributed by atoms with E-state index in [-0.39, 0.29) is 5.56 Å². The van der Waals surface area contributed by atoms with Gasteiger partial charge in [-0.25, -0.2) is 0 Å². The molecule has 1 aliphatic heterocycles. The molecule has 0 saturated carbocycles. The summed E-state index contributed by atoms with van der Waals surface area (Å²) in [4.78, 5) is 21.6. The minimum atomic E-state index is -0.0429. The van der Waals surface area contributed by atoms with Gasteiger partial charge in [0, 0.05) is 23.6 Å². The molecule has 5 aromatic rings. The fraction of sp³-hybridized carbons (Fsp3) is 0.207. The van der Waals surface area contributed by atoms with Crippen LogP contribution in [0.2, 0.25) is 0 Å². The van der Waals surface area contributed by atoms with Gasteiger partial charge in [0.1, 0.15) is 0 Å². The zero-order valence-corrected chi connectivity index (χ0v) is 18.6. The zero-order valence-electron chi connectivity index (χ0n) is 18.6. The maximum atomic E-state index is 12.6. The minimum Gasteiger partial charge on any atom is -0.354 e. The summed E-state index contributed by atoms with van der Waals surface area (Å²) in [7, 11) is 0. The van der Waals surface area contributed by atoms with Crippen molar-refractivity contribution >= 4 is 21.7 Å². The third kappa shape index (κ3) is 3.66. The number of aromatic nitrogens is 2. The second-order valence-corrected chi connectivity index (χ2v) is 9.06. The highest BCUT2D eigenvalue weighted by atomic mass is 16.1. The van der Waals surface area contributed by atoms with E-state index in [9.17, 15) is 4.79 Å². The van der Waals surface area contributed by atoms with Gasteiger partial charge >= 0.3 is 0 Å². The lowest BCUT2D eigenvalue weighted by Crippen LogP contribution is -2.32. The molecule has 3 aromatic carbocycles. The first-order valence-corrected chi connectivity index (χ1v) is 11.8. The highest BCUT2D eigenvalue weighted by molar-refractivity contribution is 5.91. The van der Waals surface area contributed by atoms with Crippen LogP contribution in [0.4, 0.5) is 0 Å². The Balaban J connectivity index is 1.29. The molecule has 0 amide bonds. The second kappa shape index (κ2) is 8.38. The Labute approximate surface area is 192 Å². The molecule has 3 heterocycles. The van der Waals surface area contributed by atoms with E-state index >= 15 is 0 Å². The Kier molecular flexibility index (Phi) is 5.08. The molecule has 0 atom stereocenters. The number of fused-ring (bicyclic) bond motifs is 2. The topological polar surface area (TPSA) is 51.9 Å². The van der Waals surface area contributed by atoms with Crippen molar-refractivity contribution in [2.75, 3.05) is 13.1 Å². The molecular weight excluding hydrogens is 406 g/mol. The molecular formula is C29H27N3O. The van der Waals surface area contributed by atoms with Gasteiger partial charge in [0.25, 0.3) is 5.56 Å². The van der Waals surface area contributed by atoms with E-state index in [1.54, 1.807) is 6.20 Å². The Bertz CT molecular complexity index is 1480. The summed E-state index contributed by atoms with van der Waals surface area (Å²) in [5, 5.41) is 3.90. The minimum absolute atomic E-state index is 0.0429. The highest BCUT2D eigenvalue weighted by Gasteiger charge is 2.27. The van der Waals surface area contributed by atoms with Gasteiger partial charge in [0.05, 0.1) is 11.3 Å². The summed E-state index contributed by atoms with van der Waals surface area (Å²) in [6.07, 6.45) is 3.87. The standard InChI is InChI=1S/C29H27N3O/c33-29-25(12-6-16-30-29)28-27(24-11-3-4-13-26(24)31-28)21-14-17-32(18-15-21)19-22-9-5-8-20-7-1-2-10-23(20)22/h1-13,16,21,31H,14-15,17-19H2,(H,30,33). The van der Waals surface area contributed by atoms with Crippen LogP contribution >= 0.6 is 0 Å². The Morgan fingerprint density at radius 2 is 1.58 bits per heavy atom. The molecule has 0 aliphatic carbocycles. The summed E-state index contributed by atoms with van der Waals surface area (Å²) in [5.41, 5.74) is 5.46. The molecule has 0 bridgehead atoms. The maximum absolute atomic E-state index is 12.6. The average molecular weight is 434 g/mol. The van der Waals surface area contributed by atoms with Crippen molar-refractivity contribution in [1.29, 1.82) is 0 Å². The van der Waals surface area contributed by atoms with Crippen LogP contribution in [0.15, 0.2) is 89.9 Å². The molecule has 1 fully saturated rings. The third-order valence-corrected chi connectivity index (χ3v) is 7.10. The number of piperidine rings is 1. The van der Waals surface area contributed by atoms with Crippen LogP contribution in [-0.2, 0) is 6.54 Å². The van der Waals surface area contributed by atoms with Gasteiger partial charge in [-0.05, 0) is 71.9 Å². The van der Waals surface area contributed by atoms with Gasteiger partial charge < -0.3 is 9.97 Å². The number of pyridine rings is 1. The monoisotopic (exact) mass is 433 g/mol. The van der Waals surface area contributed by atoms with Crippen LogP contribution in [0.25, 0.3) is 32.9 Å². The van der Waals surface area contributed by atoms with Crippen molar-refractivity contribution in [2.24, 2.45) is 0 Å². The Morgan fingerprint density at radius 1 is 0.818 bits per heavy atom. The normalized spacial score (nSPS) is 15.4. The van der Waals surface area contributed by atoms with Crippen LogP contribution in [0.5, 0.6) is 0 Å². The van der Waals surface area contributed by atoms with Gasteiger partial charge in [0.15, 0.2) is 0 Å². The number of rotatable bonds is 4. The molecule has 2 N–H and O–H groups in total. The van der Waals surface area contributed by atoms with Gasteiger partial charge in [-0.15, -0.1) is 0 Å². The van der Waals surface area contributed by atoms with E-state index in [2.05, 4.69) is 81.6 Å². The van der Waals surface area contributed by atoms with Crippen molar-refractivity contribution in [2.45, 2.75) is 25.3 Å². The van der Waals surface area contributed by atoms with Crippen LogP contribution in [0.3, 0.4) is 0 Å². The van der Waals surface area contributed by atoms with Crippen molar-refractivity contribution in [1.82, 2.24) is 14.9 Å². The zero-order chi connectivity index (χ0) is 22.2. The third-order valence-electron chi connectivity index (χ3n) is 7.10. The Morgan fingerprint density at radius 3 is 2.42 bits per heavy atom. The van der Waals surface area contributed by atoms with E-state index in [4.69, 9.17) is 0 Å². The summed E-state index contributed by atoms with van der Waals surface area (Å²) in [6, 6.07) is 27.5. The molecule has 0 spiro atoms. The van der Waals surface area contributed by atoms with E-state index in [0.29, 0.717) is 5.92 Å². The number of aromatic amines is 2. The highest BCUT2D eigenvalue weighted by Crippen LogP contribution is 2.39. The number of nitrogens with zero attached hydrogens (tertiary/aromatic N) is 1. The number of likely N-dealkylation sites (tertiary alicyclic amines) is 1. The van der Waals surface area contributed by atoms with Crippen molar-refractivity contribution in [3.05, 3.63) is 107 Å². The van der Waals surface area contributed by atoms with E-state index < -0.39 is 0 Å². The lowest BCUT2D eigenvalue weighted by atomic mass is 9.86. The molecule has 6 rings (SSSR count). The molecule has 0 radical (unpaired) electrons. The fourth-order valence-electron chi connectivity index (χ4n) is 5.47. The van der Waals surface area contributed by atoms with Crippen molar-refractivity contribution in [3.63, 3.8) is 0 Å². The van der Waals surface area contributed by atoms with E-state index in [1.165, 1.54) is 27.3 Å². The van der Waals surface area contributed by atoms with Crippen molar-refractivity contribution in [3.8, 4) is 11.3 Å². The number of hydrogen-bond donors (Lipinski definition) is 2. The number of para-hydroxylation sites is 1. The SMILES string of the molecule is O=c1[nH]cccc1-c1[nH]c2ccccc2c1C1CCN(Cc2cccc3ccccc23)CC1. The van der Waals surface area contributed by atoms with Crippen LogP contribution in [-0.4, -0.2) is 28.0 Å². The molecule has 0 unspecified atom stereocenters. The van der Waals surface area contributed by atoms with Crippen LogP contribution in [0.1, 0.15) is 29.9 Å². The summed E-state index contributed by atoms with van der Waals surface area (Å²) in [6.45, 7) is 3.09. The van der Waals surface area contributed by atoms with Crippen LogP contribution < -0.4 is 5.56 Å². The summed E-state index contributed by atoms with van der Waals surface area (Å²) in [5.74, 6) is 0.430. The van der Waals surface area contributed by atoms with Gasteiger partial charge in [-0.1, -0.05) is 60.7 Å². The van der Waals surface area contributed by atoms with Gasteiger partial charge in [0.2, 0.25) is 0 Å². The van der Waals surface area contributed by atoms with Crippen molar-refractivity contribution < 1.29 is 0 Å². The predicted octanol–water partition coefficient (Wildman–Crippen LogP) is 6.06. The molecule has 2 aromatic heterocycles. The summed E-state index contributed by atoms with van der Waals surface area (Å²) < 4.78 is 0.